The molecule has 1 aromatic carbocycles. The summed E-state index contributed by atoms with van der Waals surface area (Å²) >= 11 is 0. The van der Waals surface area contributed by atoms with E-state index in [1.807, 2.05) is 17.0 Å². The van der Waals surface area contributed by atoms with Crippen molar-refractivity contribution in [3.63, 3.8) is 0 Å². The molecular formula is C17H25N3O. The average molecular weight is 287 g/mol. The minimum absolute atomic E-state index is 0.0645. The van der Waals surface area contributed by atoms with Crippen LogP contribution < -0.4 is 10.6 Å². The van der Waals surface area contributed by atoms with Crippen LogP contribution in [0.15, 0.2) is 24.3 Å². The summed E-state index contributed by atoms with van der Waals surface area (Å²) in [5.74, 6) is 0.740. The zero-order valence-electron chi connectivity index (χ0n) is 12.9. The van der Waals surface area contributed by atoms with Crippen LogP contribution in [0.1, 0.15) is 44.7 Å². The largest absolute Gasteiger partial charge is 0.322 e. The number of urea groups is 1. The van der Waals surface area contributed by atoms with Gasteiger partial charge < -0.3 is 15.5 Å². The molecule has 3 rings (SSSR count). The third kappa shape index (κ3) is 3.05. The van der Waals surface area contributed by atoms with Crippen LogP contribution in [-0.4, -0.2) is 30.1 Å². The maximum absolute atomic E-state index is 12.3. The molecule has 0 spiro atoms. The standard InChI is InChI=1S/C17H25N3O/c1-3-18-12(2)14-5-7-15(8-6-14)19-17(21)20-11-13-4-9-16(20)10-13/h5-8,12-13,16,18H,3-4,9-11H2,1-2H3,(H,19,21). The Morgan fingerprint density at radius 3 is 2.67 bits per heavy atom. The molecule has 1 saturated heterocycles. The monoisotopic (exact) mass is 287 g/mol. The van der Waals surface area contributed by atoms with Crippen molar-refractivity contribution < 1.29 is 4.79 Å². The van der Waals surface area contributed by atoms with Crippen LogP contribution in [0.2, 0.25) is 0 Å². The first-order chi connectivity index (χ1) is 10.2. The molecule has 0 aromatic heterocycles. The molecule has 114 valence electrons. The Morgan fingerprint density at radius 2 is 2.10 bits per heavy atom. The number of rotatable bonds is 4. The molecule has 2 fully saturated rings. The van der Waals surface area contributed by atoms with Crippen molar-refractivity contribution >= 4 is 11.7 Å². The van der Waals surface area contributed by atoms with E-state index in [-0.39, 0.29) is 6.03 Å². The van der Waals surface area contributed by atoms with Gasteiger partial charge in [0.15, 0.2) is 0 Å². The fourth-order valence-electron chi connectivity index (χ4n) is 3.65. The van der Waals surface area contributed by atoms with Crippen molar-refractivity contribution in [1.29, 1.82) is 0 Å². The molecule has 21 heavy (non-hydrogen) atoms. The lowest BCUT2D eigenvalue weighted by Gasteiger charge is -2.27. The molecule has 1 aliphatic carbocycles. The molecule has 2 amide bonds. The summed E-state index contributed by atoms with van der Waals surface area (Å²) in [6, 6.07) is 9.04. The quantitative estimate of drug-likeness (QED) is 0.891. The highest BCUT2D eigenvalue weighted by atomic mass is 16.2. The number of amides is 2. The Labute approximate surface area is 126 Å². The third-order valence-electron chi connectivity index (χ3n) is 4.84. The molecule has 2 aliphatic rings. The van der Waals surface area contributed by atoms with Gasteiger partial charge in [0.05, 0.1) is 0 Å². The SMILES string of the molecule is CCNC(C)c1ccc(NC(=O)N2CC3CCC2C3)cc1. The van der Waals surface area contributed by atoms with Crippen molar-refractivity contribution in [1.82, 2.24) is 10.2 Å². The summed E-state index contributed by atoms with van der Waals surface area (Å²) in [4.78, 5) is 14.3. The van der Waals surface area contributed by atoms with Gasteiger partial charge in [-0.1, -0.05) is 19.1 Å². The first kappa shape index (κ1) is 14.4. The molecule has 1 saturated carbocycles. The van der Waals surface area contributed by atoms with Crippen LogP contribution in [-0.2, 0) is 0 Å². The number of anilines is 1. The van der Waals surface area contributed by atoms with E-state index in [9.17, 15) is 4.79 Å². The minimum atomic E-state index is 0.0645. The number of carbonyl (C=O) groups is 1. The lowest BCUT2D eigenvalue weighted by Crippen LogP contribution is -2.40. The molecule has 0 radical (unpaired) electrons. The van der Waals surface area contributed by atoms with Gasteiger partial charge in [-0.2, -0.15) is 0 Å². The predicted molar refractivity (Wildman–Crippen MR) is 85.4 cm³/mol. The second-order valence-corrected chi connectivity index (χ2v) is 6.32. The number of benzene rings is 1. The second-order valence-electron chi connectivity index (χ2n) is 6.32. The molecule has 1 aromatic rings. The molecule has 1 heterocycles. The Kier molecular flexibility index (Phi) is 4.15. The van der Waals surface area contributed by atoms with E-state index in [2.05, 4.69) is 36.6 Å². The maximum Gasteiger partial charge on any atom is 0.322 e. The highest BCUT2D eigenvalue weighted by Crippen LogP contribution is 2.37. The number of carbonyl (C=O) groups excluding carboxylic acids is 1. The maximum atomic E-state index is 12.3. The molecule has 4 nitrogen and oxygen atoms in total. The van der Waals surface area contributed by atoms with E-state index < -0.39 is 0 Å². The molecule has 2 bridgehead atoms. The van der Waals surface area contributed by atoms with E-state index in [1.165, 1.54) is 24.8 Å². The average Bonchev–Trinajstić information content (AvgIpc) is 3.11. The van der Waals surface area contributed by atoms with E-state index in [1.54, 1.807) is 0 Å². The molecule has 4 heteroatoms. The Morgan fingerprint density at radius 1 is 1.33 bits per heavy atom. The predicted octanol–water partition coefficient (Wildman–Crippen LogP) is 3.37. The van der Waals surface area contributed by atoms with Crippen LogP contribution >= 0.6 is 0 Å². The van der Waals surface area contributed by atoms with Gasteiger partial charge in [0.1, 0.15) is 0 Å². The van der Waals surface area contributed by atoms with Crippen LogP contribution in [0.3, 0.4) is 0 Å². The van der Waals surface area contributed by atoms with E-state index in [0.29, 0.717) is 12.1 Å². The van der Waals surface area contributed by atoms with Gasteiger partial charge in [0, 0.05) is 24.3 Å². The van der Waals surface area contributed by atoms with Crippen LogP contribution in [0, 0.1) is 5.92 Å². The number of hydrogen-bond acceptors (Lipinski definition) is 2. The summed E-state index contributed by atoms with van der Waals surface area (Å²) in [6.45, 7) is 6.15. The van der Waals surface area contributed by atoms with Crippen molar-refractivity contribution in [2.45, 2.75) is 45.2 Å². The number of nitrogens with zero attached hydrogens (tertiary/aromatic N) is 1. The molecule has 3 atom stereocenters. The van der Waals surface area contributed by atoms with E-state index >= 15 is 0 Å². The van der Waals surface area contributed by atoms with Gasteiger partial charge in [0.2, 0.25) is 0 Å². The topological polar surface area (TPSA) is 44.4 Å². The fraction of sp³-hybridized carbons (Fsp3) is 0.588. The minimum Gasteiger partial charge on any atom is -0.321 e. The van der Waals surface area contributed by atoms with Gasteiger partial charge >= 0.3 is 6.03 Å². The van der Waals surface area contributed by atoms with Crippen LogP contribution in [0.4, 0.5) is 10.5 Å². The van der Waals surface area contributed by atoms with Crippen molar-refractivity contribution in [3.05, 3.63) is 29.8 Å². The molecule has 2 N–H and O–H groups in total. The zero-order valence-corrected chi connectivity index (χ0v) is 12.9. The van der Waals surface area contributed by atoms with Crippen molar-refractivity contribution in [2.24, 2.45) is 5.92 Å². The van der Waals surface area contributed by atoms with Crippen molar-refractivity contribution in [2.75, 3.05) is 18.4 Å². The van der Waals surface area contributed by atoms with Gasteiger partial charge in [-0.3, -0.25) is 0 Å². The van der Waals surface area contributed by atoms with Crippen LogP contribution in [0.25, 0.3) is 0 Å². The number of likely N-dealkylation sites (tertiary alicyclic amines) is 1. The highest BCUT2D eigenvalue weighted by Gasteiger charge is 2.40. The summed E-state index contributed by atoms with van der Waals surface area (Å²) in [7, 11) is 0. The van der Waals surface area contributed by atoms with Gasteiger partial charge in [-0.05, 0) is 56.3 Å². The third-order valence-corrected chi connectivity index (χ3v) is 4.84. The molecule has 1 aliphatic heterocycles. The summed E-state index contributed by atoms with van der Waals surface area (Å²) in [6.07, 6.45) is 3.68. The lowest BCUT2D eigenvalue weighted by molar-refractivity contribution is 0.194. The first-order valence-corrected chi connectivity index (χ1v) is 8.08. The molecular weight excluding hydrogens is 262 g/mol. The Balaban J connectivity index is 1.59. The summed E-state index contributed by atoms with van der Waals surface area (Å²) < 4.78 is 0. The lowest BCUT2D eigenvalue weighted by atomic mass is 10.1. The van der Waals surface area contributed by atoms with Crippen LogP contribution in [0.5, 0.6) is 0 Å². The van der Waals surface area contributed by atoms with E-state index in [0.717, 1.165) is 24.7 Å². The van der Waals surface area contributed by atoms with Gasteiger partial charge in [0.25, 0.3) is 0 Å². The number of nitrogens with one attached hydrogen (secondary N) is 2. The fourth-order valence-corrected chi connectivity index (χ4v) is 3.65. The van der Waals surface area contributed by atoms with Gasteiger partial charge in [-0.25, -0.2) is 4.79 Å². The molecule has 3 unspecified atom stereocenters. The normalized spacial score (nSPS) is 25.1. The smallest absolute Gasteiger partial charge is 0.321 e. The van der Waals surface area contributed by atoms with Crippen molar-refractivity contribution in [3.8, 4) is 0 Å². The summed E-state index contributed by atoms with van der Waals surface area (Å²) in [5.41, 5.74) is 2.13. The second kappa shape index (κ2) is 6.06. The number of fused-ring (bicyclic) bond motifs is 2. The van der Waals surface area contributed by atoms with E-state index in [4.69, 9.17) is 0 Å². The number of piperidine rings is 1. The highest BCUT2D eigenvalue weighted by molar-refractivity contribution is 5.89. The zero-order chi connectivity index (χ0) is 14.8. The van der Waals surface area contributed by atoms with Gasteiger partial charge in [-0.15, -0.1) is 0 Å². The number of hydrogen-bond donors (Lipinski definition) is 2. The summed E-state index contributed by atoms with van der Waals surface area (Å²) in [5, 5.41) is 6.42. The first-order valence-electron chi connectivity index (χ1n) is 8.08. The Bertz CT molecular complexity index is 499. The Hall–Kier alpha value is -1.55.